The number of nitro benzene ring substituents is 1. The Kier molecular flexibility index (Phi) is 6.96. The maximum atomic E-state index is 10.9. The van der Waals surface area contributed by atoms with E-state index in [1.54, 1.807) is 12.1 Å². The first kappa shape index (κ1) is 15.2. The van der Waals surface area contributed by atoms with Crippen molar-refractivity contribution in [1.29, 1.82) is 0 Å². The molecule has 2 N–H and O–H groups in total. The molecular formula is C12H17IN2O3. The molecule has 0 unspecified atom stereocenters. The van der Waals surface area contributed by atoms with Gasteiger partial charge in [0.1, 0.15) is 5.69 Å². The molecule has 0 bridgehead atoms. The summed E-state index contributed by atoms with van der Waals surface area (Å²) in [5.74, 6) is 0. The van der Waals surface area contributed by atoms with Crippen LogP contribution in [0.4, 0.5) is 11.4 Å². The predicted molar refractivity (Wildman–Crippen MR) is 79.9 cm³/mol. The zero-order chi connectivity index (χ0) is 13.4. The van der Waals surface area contributed by atoms with Gasteiger partial charge in [-0.1, -0.05) is 12.8 Å². The zero-order valence-corrected chi connectivity index (χ0v) is 12.2. The maximum absolute atomic E-state index is 10.9. The van der Waals surface area contributed by atoms with Gasteiger partial charge in [-0.05, 0) is 47.6 Å². The Morgan fingerprint density at radius 2 is 2.00 bits per heavy atom. The molecule has 0 aliphatic heterocycles. The van der Waals surface area contributed by atoms with Crippen molar-refractivity contribution in [3.8, 4) is 0 Å². The molecule has 6 heteroatoms. The molecule has 0 aromatic heterocycles. The van der Waals surface area contributed by atoms with Gasteiger partial charge >= 0.3 is 0 Å². The highest BCUT2D eigenvalue weighted by Gasteiger charge is 2.13. The summed E-state index contributed by atoms with van der Waals surface area (Å²) in [6.45, 7) is 0.947. The van der Waals surface area contributed by atoms with Crippen molar-refractivity contribution in [2.24, 2.45) is 0 Å². The standard InChI is InChI=1S/C12H17IN2O3/c13-10-5-6-11(12(9-10)15(17)18)14-7-3-1-2-4-8-16/h5-6,9,14,16H,1-4,7-8H2. The minimum Gasteiger partial charge on any atom is -0.396 e. The van der Waals surface area contributed by atoms with Gasteiger partial charge in [-0.3, -0.25) is 10.1 Å². The average molecular weight is 364 g/mol. The second-order valence-electron chi connectivity index (χ2n) is 3.98. The SMILES string of the molecule is O=[N+]([O-])c1cc(I)ccc1NCCCCCCO. The van der Waals surface area contributed by atoms with Crippen molar-refractivity contribution in [1.82, 2.24) is 0 Å². The number of halogens is 1. The highest BCUT2D eigenvalue weighted by molar-refractivity contribution is 14.1. The Morgan fingerprint density at radius 1 is 1.28 bits per heavy atom. The molecule has 0 radical (unpaired) electrons. The molecule has 1 aromatic carbocycles. The van der Waals surface area contributed by atoms with Crippen LogP contribution in [0.25, 0.3) is 0 Å². The molecule has 0 saturated heterocycles. The van der Waals surface area contributed by atoms with E-state index in [4.69, 9.17) is 5.11 Å². The fraction of sp³-hybridized carbons (Fsp3) is 0.500. The van der Waals surface area contributed by atoms with Crippen LogP contribution in [0.15, 0.2) is 18.2 Å². The van der Waals surface area contributed by atoms with Crippen LogP contribution < -0.4 is 5.32 Å². The number of anilines is 1. The monoisotopic (exact) mass is 364 g/mol. The van der Waals surface area contributed by atoms with Crippen LogP contribution in [0.3, 0.4) is 0 Å². The van der Waals surface area contributed by atoms with Crippen molar-refractivity contribution in [3.63, 3.8) is 0 Å². The van der Waals surface area contributed by atoms with Crippen molar-refractivity contribution in [2.45, 2.75) is 25.7 Å². The minimum absolute atomic E-state index is 0.122. The molecule has 5 nitrogen and oxygen atoms in total. The summed E-state index contributed by atoms with van der Waals surface area (Å²) in [6, 6.07) is 5.16. The largest absolute Gasteiger partial charge is 0.396 e. The number of aliphatic hydroxyl groups is 1. The van der Waals surface area contributed by atoms with Crippen LogP contribution in [-0.2, 0) is 0 Å². The van der Waals surface area contributed by atoms with Gasteiger partial charge in [0, 0.05) is 22.8 Å². The third kappa shape index (κ3) is 5.18. The van der Waals surface area contributed by atoms with Crippen molar-refractivity contribution < 1.29 is 10.0 Å². The lowest BCUT2D eigenvalue weighted by Crippen LogP contribution is -2.04. The van der Waals surface area contributed by atoms with E-state index >= 15 is 0 Å². The van der Waals surface area contributed by atoms with Crippen LogP contribution in [0.1, 0.15) is 25.7 Å². The number of nitrogens with one attached hydrogen (secondary N) is 1. The van der Waals surface area contributed by atoms with Crippen molar-refractivity contribution >= 4 is 34.0 Å². The first-order valence-electron chi connectivity index (χ1n) is 5.94. The molecule has 0 heterocycles. The summed E-state index contributed by atoms with van der Waals surface area (Å²) in [5.41, 5.74) is 0.694. The molecular weight excluding hydrogens is 347 g/mol. The average Bonchev–Trinajstić information content (AvgIpc) is 2.35. The van der Waals surface area contributed by atoms with Crippen LogP contribution in [-0.4, -0.2) is 23.2 Å². The number of aliphatic hydroxyl groups excluding tert-OH is 1. The Morgan fingerprint density at radius 3 is 2.67 bits per heavy atom. The number of nitrogens with zero attached hydrogens (tertiary/aromatic N) is 1. The molecule has 0 amide bonds. The maximum Gasteiger partial charge on any atom is 0.293 e. The second-order valence-corrected chi connectivity index (χ2v) is 5.23. The van der Waals surface area contributed by atoms with E-state index in [1.165, 1.54) is 0 Å². The number of unbranched alkanes of at least 4 members (excludes halogenated alkanes) is 3. The summed E-state index contributed by atoms with van der Waals surface area (Å²) in [4.78, 5) is 10.5. The Bertz CT molecular complexity index is 399. The van der Waals surface area contributed by atoms with Gasteiger partial charge < -0.3 is 10.4 Å². The highest BCUT2D eigenvalue weighted by atomic mass is 127. The summed E-state index contributed by atoms with van der Waals surface area (Å²) in [7, 11) is 0. The molecule has 100 valence electrons. The first-order valence-corrected chi connectivity index (χ1v) is 7.01. The Hall–Kier alpha value is -0.890. The van der Waals surface area contributed by atoms with E-state index in [2.05, 4.69) is 27.9 Å². The van der Waals surface area contributed by atoms with Gasteiger partial charge in [0.15, 0.2) is 0 Å². The molecule has 1 rings (SSSR count). The normalized spacial score (nSPS) is 10.3. The van der Waals surface area contributed by atoms with Crippen molar-refractivity contribution in [2.75, 3.05) is 18.5 Å². The van der Waals surface area contributed by atoms with Crippen LogP contribution in [0.2, 0.25) is 0 Å². The molecule has 0 fully saturated rings. The molecule has 0 aliphatic rings. The number of hydrogen-bond acceptors (Lipinski definition) is 4. The fourth-order valence-electron chi connectivity index (χ4n) is 1.62. The summed E-state index contributed by atoms with van der Waals surface area (Å²) in [6.07, 6.45) is 3.78. The lowest BCUT2D eigenvalue weighted by molar-refractivity contribution is -0.384. The van der Waals surface area contributed by atoms with Crippen LogP contribution >= 0.6 is 22.6 Å². The minimum atomic E-state index is -0.365. The van der Waals surface area contributed by atoms with Gasteiger partial charge in [-0.15, -0.1) is 0 Å². The smallest absolute Gasteiger partial charge is 0.293 e. The molecule has 0 saturated carbocycles. The highest BCUT2D eigenvalue weighted by Crippen LogP contribution is 2.26. The van der Waals surface area contributed by atoms with Gasteiger partial charge in [-0.2, -0.15) is 0 Å². The van der Waals surface area contributed by atoms with E-state index in [0.717, 1.165) is 29.3 Å². The van der Waals surface area contributed by atoms with Gasteiger partial charge in [0.2, 0.25) is 0 Å². The summed E-state index contributed by atoms with van der Waals surface area (Å²) >= 11 is 2.06. The van der Waals surface area contributed by atoms with Gasteiger partial charge in [0.05, 0.1) is 4.92 Å². The van der Waals surface area contributed by atoms with E-state index in [9.17, 15) is 10.1 Å². The third-order valence-corrected chi connectivity index (χ3v) is 3.23. The van der Waals surface area contributed by atoms with E-state index < -0.39 is 0 Å². The summed E-state index contributed by atoms with van der Waals surface area (Å²) in [5, 5.41) is 22.6. The predicted octanol–water partition coefficient (Wildman–Crippen LogP) is 3.16. The Labute approximate surface area is 120 Å². The first-order chi connectivity index (χ1) is 8.65. The van der Waals surface area contributed by atoms with Gasteiger partial charge in [-0.25, -0.2) is 0 Å². The third-order valence-electron chi connectivity index (χ3n) is 2.56. The molecule has 0 spiro atoms. The number of rotatable bonds is 8. The molecule has 18 heavy (non-hydrogen) atoms. The quantitative estimate of drug-likeness (QED) is 0.322. The second kappa shape index (κ2) is 8.25. The lowest BCUT2D eigenvalue weighted by atomic mass is 10.2. The molecule has 1 aromatic rings. The van der Waals surface area contributed by atoms with E-state index in [1.807, 2.05) is 6.07 Å². The molecule has 0 aliphatic carbocycles. The van der Waals surface area contributed by atoms with E-state index in [-0.39, 0.29) is 17.2 Å². The zero-order valence-electron chi connectivity index (χ0n) is 10.1. The number of nitro groups is 1. The number of hydrogen-bond donors (Lipinski definition) is 2. The number of benzene rings is 1. The topological polar surface area (TPSA) is 75.4 Å². The Balaban J connectivity index is 2.44. The van der Waals surface area contributed by atoms with Crippen LogP contribution in [0, 0.1) is 13.7 Å². The fourth-order valence-corrected chi connectivity index (χ4v) is 2.09. The van der Waals surface area contributed by atoms with Crippen molar-refractivity contribution in [3.05, 3.63) is 31.9 Å². The van der Waals surface area contributed by atoms with E-state index in [0.29, 0.717) is 12.2 Å². The van der Waals surface area contributed by atoms with Gasteiger partial charge in [0.25, 0.3) is 5.69 Å². The van der Waals surface area contributed by atoms with Crippen LogP contribution in [0.5, 0.6) is 0 Å². The lowest BCUT2D eigenvalue weighted by Gasteiger charge is -2.07. The molecule has 0 atom stereocenters. The summed E-state index contributed by atoms with van der Waals surface area (Å²) < 4.78 is 0.854.